The van der Waals surface area contributed by atoms with Gasteiger partial charge < -0.3 is 10.8 Å². The van der Waals surface area contributed by atoms with Gasteiger partial charge in [-0.3, -0.25) is 4.79 Å². The summed E-state index contributed by atoms with van der Waals surface area (Å²) in [4.78, 5) is 10.6. The molecule has 12 heavy (non-hydrogen) atoms. The third-order valence-electron chi connectivity index (χ3n) is 2.91. The van der Waals surface area contributed by atoms with Crippen molar-refractivity contribution in [3.05, 3.63) is 0 Å². The summed E-state index contributed by atoms with van der Waals surface area (Å²) < 4.78 is 0. The smallest absolute Gasteiger partial charge is 0.303 e. The third kappa shape index (κ3) is 1.97. The van der Waals surface area contributed by atoms with Gasteiger partial charge in [0.2, 0.25) is 0 Å². The number of carboxylic acids is 1. The van der Waals surface area contributed by atoms with E-state index in [1.165, 1.54) is 0 Å². The zero-order chi connectivity index (χ0) is 9.19. The highest BCUT2D eigenvalue weighted by Gasteiger charge is 2.37. The quantitative estimate of drug-likeness (QED) is 0.671. The molecule has 3 nitrogen and oxygen atoms in total. The average Bonchev–Trinajstić information content (AvgIpc) is 2.32. The van der Waals surface area contributed by atoms with Gasteiger partial charge in [0, 0.05) is 0 Å². The molecule has 0 heterocycles. The van der Waals surface area contributed by atoms with Crippen molar-refractivity contribution in [2.45, 2.75) is 32.6 Å². The predicted octanol–water partition coefficient (Wildman–Crippen LogP) is 1.23. The molecule has 3 N–H and O–H groups in total. The van der Waals surface area contributed by atoms with Crippen LogP contribution in [0, 0.1) is 11.3 Å². The van der Waals surface area contributed by atoms with Gasteiger partial charge in [-0.05, 0) is 30.7 Å². The molecule has 0 radical (unpaired) electrons. The van der Waals surface area contributed by atoms with Crippen LogP contribution in [0.15, 0.2) is 0 Å². The number of aliphatic carboxylic acids is 1. The van der Waals surface area contributed by atoms with E-state index in [4.69, 9.17) is 10.8 Å². The largest absolute Gasteiger partial charge is 0.481 e. The summed E-state index contributed by atoms with van der Waals surface area (Å²) in [6.07, 6.45) is 3.34. The lowest BCUT2D eigenvalue weighted by atomic mass is 9.82. The molecular formula is C9H17NO2. The van der Waals surface area contributed by atoms with Gasteiger partial charge >= 0.3 is 5.97 Å². The molecule has 0 aromatic carbocycles. The number of nitrogens with two attached hydrogens (primary N) is 1. The Bertz CT molecular complexity index is 181. The molecule has 1 saturated carbocycles. The molecule has 1 fully saturated rings. The Kier molecular flexibility index (Phi) is 2.73. The number of rotatable bonds is 3. The van der Waals surface area contributed by atoms with E-state index in [9.17, 15) is 4.79 Å². The van der Waals surface area contributed by atoms with Crippen LogP contribution in [-0.4, -0.2) is 17.6 Å². The first kappa shape index (κ1) is 9.52. The maximum absolute atomic E-state index is 10.6. The second-order valence-corrected chi connectivity index (χ2v) is 4.12. The molecular weight excluding hydrogens is 154 g/mol. The second kappa shape index (κ2) is 3.44. The van der Waals surface area contributed by atoms with Crippen LogP contribution in [0.25, 0.3) is 0 Å². The first-order chi connectivity index (χ1) is 5.58. The highest BCUT2D eigenvalue weighted by Crippen LogP contribution is 2.43. The molecule has 0 bridgehead atoms. The van der Waals surface area contributed by atoms with E-state index in [0.717, 1.165) is 19.3 Å². The maximum Gasteiger partial charge on any atom is 0.303 e. The molecule has 1 unspecified atom stereocenters. The maximum atomic E-state index is 10.6. The van der Waals surface area contributed by atoms with E-state index >= 15 is 0 Å². The van der Waals surface area contributed by atoms with Gasteiger partial charge in [-0.15, -0.1) is 0 Å². The van der Waals surface area contributed by atoms with Crippen LogP contribution in [0.1, 0.15) is 32.6 Å². The molecule has 3 heteroatoms. The van der Waals surface area contributed by atoms with E-state index < -0.39 is 5.97 Å². The molecule has 1 rings (SSSR count). The van der Waals surface area contributed by atoms with Crippen LogP contribution >= 0.6 is 0 Å². The number of hydrogen-bond donors (Lipinski definition) is 2. The molecule has 1 aliphatic rings. The average molecular weight is 171 g/mol. The minimum Gasteiger partial charge on any atom is -0.481 e. The van der Waals surface area contributed by atoms with Gasteiger partial charge in [0.1, 0.15) is 0 Å². The Balaban J connectivity index is 2.58. The van der Waals surface area contributed by atoms with Gasteiger partial charge in [0.15, 0.2) is 0 Å². The zero-order valence-electron chi connectivity index (χ0n) is 7.55. The lowest BCUT2D eigenvalue weighted by molar-refractivity contribution is -0.139. The Labute approximate surface area is 72.9 Å². The van der Waals surface area contributed by atoms with Crippen LogP contribution in [0.4, 0.5) is 0 Å². The Morgan fingerprint density at radius 3 is 2.75 bits per heavy atom. The summed E-state index contributed by atoms with van der Waals surface area (Å²) >= 11 is 0. The summed E-state index contributed by atoms with van der Waals surface area (Å²) in [6, 6.07) is 0. The fourth-order valence-corrected chi connectivity index (χ4v) is 2.23. The molecule has 0 aromatic rings. The van der Waals surface area contributed by atoms with Crippen LogP contribution in [0.3, 0.4) is 0 Å². The van der Waals surface area contributed by atoms with Gasteiger partial charge in [-0.2, -0.15) is 0 Å². The predicted molar refractivity (Wildman–Crippen MR) is 46.8 cm³/mol. The summed E-state index contributed by atoms with van der Waals surface area (Å²) in [5, 5.41) is 8.70. The van der Waals surface area contributed by atoms with E-state index in [1.54, 1.807) is 0 Å². The summed E-state index contributed by atoms with van der Waals surface area (Å²) in [5.41, 5.74) is 5.52. The fourth-order valence-electron chi connectivity index (χ4n) is 2.23. The van der Waals surface area contributed by atoms with Crippen molar-refractivity contribution in [3.63, 3.8) is 0 Å². The van der Waals surface area contributed by atoms with Crippen molar-refractivity contribution in [2.24, 2.45) is 17.1 Å². The van der Waals surface area contributed by atoms with E-state index in [2.05, 4.69) is 6.92 Å². The van der Waals surface area contributed by atoms with Gasteiger partial charge in [-0.25, -0.2) is 0 Å². The minimum atomic E-state index is -0.713. The first-order valence-electron chi connectivity index (χ1n) is 4.50. The molecule has 0 aliphatic heterocycles. The number of carboxylic acid groups (broad SMARTS) is 1. The van der Waals surface area contributed by atoms with Crippen molar-refractivity contribution in [1.29, 1.82) is 0 Å². The fraction of sp³-hybridized carbons (Fsp3) is 0.889. The number of carbonyl (C=O) groups is 1. The summed E-state index contributed by atoms with van der Waals surface area (Å²) in [5.74, 6) is -0.0672. The van der Waals surface area contributed by atoms with Crippen LogP contribution < -0.4 is 5.73 Å². The topological polar surface area (TPSA) is 63.3 Å². The van der Waals surface area contributed by atoms with Crippen LogP contribution in [0.2, 0.25) is 0 Å². The third-order valence-corrected chi connectivity index (χ3v) is 2.91. The zero-order valence-corrected chi connectivity index (χ0v) is 7.55. The summed E-state index contributed by atoms with van der Waals surface area (Å²) in [6.45, 7) is 2.68. The SMILES string of the molecule is CC1CC[C@@](CN)(CC(=O)O)C1. The standard InChI is InChI=1S/C9H17NO2/c1-7-2-3-9(4-7,6-10)5-8(11)12/h7H,2-6,10H2,1H3,(H,11,12)/t7?,9-/m0/s1. The van der Waals surface area contributed by atoms with Crippen molar-refractivity contribution in [1.82, 2.24) is 0 Å². The van der Waals surface area contributed by atoms with Crippen molar-refractivity contribution >= 4 is 5.97 Å². The lowest BCUT2D eigenvalue weighted by Crippen LogP contribution is -2.30. The normalized spacial score (nSPS) is 35.3. The van der Waals surface area contributed by atoms with Crippen LogP contribution in [-0.2, 0) is 4.79 Å². The monoisotopic (exact) mass is 171 g/mol. The molecule has 0 amide bonds. The highest BCUT2D eigenvalue weighted by molar-refractivity contribution is 5.67. The van der Waals surface area contributed by atoms with E-state index in [-0.39, 0.29) is 11.8 Å². The molecule has 1 aliphatic carbocycles. The van der Waals surface area contributed by atoms with Crippen molar-refractivity contribution < 1.29 is 9.90 Å². The van der Waals surface area contributed by atoms with Gasteiger partial charge in [-0.1, -0.05) is 13.3 Å². The Hall–Kier alpha value is -0.570. The molecule has 0 saturated heterocycles. The second-order valence-electron chi connectivity index (χ2n) is 4.12. The molecule has 0 aromatic heterocycles. The highest BCUT2D eigenvalue weighted by atomic mass is 16.4. The van der Waals surface area contributed by atoms with E-state index in [0.29, 0.717) is 12.5 Å². The lowest BCUT2D eigenvalue weighted by Gasteiger charge is -2.25. The van der Waals surface area contributed by atoms with Gasteiger partial charge in [0.25, 0.3) is 0 Å². The molecule has 0 spiro atoms. The van der Waals surface area contributed by atoms with Crippen molar-refractivity contribution in [3.8, 4) is 0 Å². The van der Waals surface area contributed by atoms with Crippen LogP contribution in [0.5, 0.6) is 0 Å². The first-order valence-corrected chi connectivity index (χ1v) is 4.50. The Morgan fingerprint density at radius 2 is 2.42 bits per heavy atom. The minimum absolute atomic E-state index is 0.0920. The molecule has 2 atom stereocenters. The molecule has 70 valence electrons. The summed E-state index contributed by atoms with van der Waals surface area (Å²) in [7, 11) is 0. The van der Waals surface area contributed by atoms with Crippen molar-refractivity contribution in [2.75, 3.05) is 6.54 Å². The van der Waals surface area contributed by atoms with Gasteiger partial charge in [0.05, 0.1) is 6.42 Å². The number of hydrogen-bond acceptors (Lipinski definition) is 2. The van der Waals surface area contributed by atoms with E-state index in [1.807, 2.05) is 0 Å². The Morgan fingerprint density at radius 1 is 1.75 bits per heavy atom.